The zero-order valence-electron chi connectivity index (χ0n) is 12.3. The van der Waals surface area contributed by atoms with Crippen LogP contribution in [0.4, 0.5) is 9.80 Å². The molecule has 2 aromatic heterocycles. The predicted molar refractivity (Wildman–Crippen MR) is 85.0 cm³/mol. The summed E-state index contributed by atoms with van der Waals surface area (Å²) in [4.78, 5) is 21.8. The highest BCUT2D eigenvalue weighted by Gasteiger charge is 2.22. The Morgan fingerprint density at radius 3 is 2.57 bits per heavy atom. The fourth-order valence-electron chi connectivity index (χ4n) is 1.48. The van der Waals surface area contributed by atoms with E-state index in [0.29, 0.717) is 10.2 Å². The predicted octanol–water partition coefficient (Wildman–Crippen LogP) is 4.23. The minimum Gasteiger partial charge on any atom is -0.443 e. The van der Waals surface area contributed by atoms with Crippen molar-refractivity contribution in [1.29, 1.82) is 0 Å². The maximum Gasteiger partial charge on any atom is 0.415 e. The summed E-state index contributed by atoms with van der Waals surface area (Å²) in [6.07, 6.45) is 2.88. The fourth-order valence-corrected chi connectivity index (χ4v) is 2.45. The van der Waals surface area contributed by atoms with Gasteiger partial charge in [-0.2, -0.15) is 0 Å². The van der Waals surface area contributed by atoms with Crippen molar-refractivity contribution in [3.05, 3.63) is 29.7 Å². The van der Waals surface area contributed by atoms with Gasteiger partial charge in [0.15, 0.2) is 0 Å². The lowest BCUT2D eigenvalue weighted by atomic mass is 10.2. The van der Waals surface area contributed by atoms with Crippen molar-refractivity contribution < 1.29 is 9.53 Å². The third kappa shape index (κ3) is 4.15. The van der Waals surface area contributed by atoms with Crippen LogP contribution in [-0.2, 0) is 4.74 Å². The monoisotopic (exact) mass is 325 g/mol. The Bertz CT molecular complexity index is 634. The van der Waals surface area contributed by atoms with Crippen molar-refractivity contribution in [2.45, 2.75) is 26.4 Å². The highest BCUT2D eigenvalue weighted by molar-refractivity contribution is 7.19. The molecule has 2 rings (SSSR count). The van der Waals surface area contributed by atoms with E-state index in [9.17, 15) is 4.79 Å². The van der Waals surface area contributed by atoms with Crippen LogP contribution in [0.5, 0.6) is 0 Å². The smallest absolute Gasteiger partial charge is 0.415 e. The Labute approximate surface area is 132 Å². The van der Waals surface area contributed by atoms with Gasteiger partial charge in [-0.05, 0) is 32.9 Å². The lowest BCUT2D eigenvalue weighted by molar-refractivity contribution is 0.0590. The van der Waals surface area contributed by atoms with Crippen LogP contribution in [0.2, 0.25) is 5.15 Å². The van der Waals surface area contributed by atoms with E-state index in [1.807, 2.05) is 26.8 Å². The van der Waals surface area contributed by atoms with E-state index in [-0.39, 0.29) is 0 Å². The third-order valence-corrected chi connectivity index (χ3v) is 3.81. The van der Waals surface area contributed by atoms with E-state index in [4.69, 9.17) is 16.3 Å². The molecule has 7 heteroatoms. The standard InChI is InChI=1S/C14H16ClN3O2S/c1-14(2,3)20-13(19)18(4)11-8-17-12(21-11)9-5-6-10(15)16-7-9/h5-8H,1-4H3. The summed E-state index contributed by atoms with van der Waals surface area (Å²) in [7, 11) is 1.66. The van der Waals surface area contributed by atoms with Crippen molar-refractivity contribution in [2.75, 3.05) is 11.9 Å². The lowest BCUT2D eigenvalue weighted by Gasteiger charge is -2.23. The molecule has 1 amide bonds. The van der Waals surface area contributed by atoms with E-state index in [1.54, 1.807) is 25.5 Å². The fraction of sp³-hybridized carbons (Fsp3) is 0.357. The molecule has 0 atom stereocenters. The molecular weight excluding hydrogens is 310 g/mol. The Hall–Kier alpha value is -1.66. The molecule has 0 fully saturated rings. The van der Waals surface area contributed by atoms with Gasteiger partial charge in [0.1, 0.15) is 20.8 Å². The zero-order valence-corrected chi connectivity index (χ0v) is 13.8. The topological polar surface area (TPSA) is 55.3 Å². The average molecular weight is 326 g/mol. The molecule has 2 aromatic rings. The zero-order chi connectivity index (χ0) is 15.6. The van der Waals surface area contributed by atoms with E-state index in [2.05, 4.69) is 9.97 Å². The highest BCUT2D eigenvalue weighted by Crippen LogP contribution is 2.31. The normalized spacial score (nSPS) is 11.3. The first-order chi connectivity index (χ1) is 9.76. The van der Waals surface area contributed by atoms with Crippen molar-refractivity contribution in [1.82, 2.24) is 9.97 Å². The van der Waals surface area contributed by atoms with E-state index >= 15 is 0 Å². The first-order valence-electron chi connectivity index (χ1n) is 6.31. The number of thiazole rings is 1. The molecule has 0 saturated heterocycles. The Morgan fingerprint density at radius 1 is 1.29 bits per heavy atom. The van der Waals surface area contributed by atoms with Gasteiger partial charge < -0.3 is 4.74 Å². The van der Waals surface area contributed by atoms with Gasteiger partial charge in [-0.25, -0.2) is 14.8 Å². The molecule has 5 nitrogen and oxygen atoms in total. The van der Waals surface area contributed by atoms with Crippen LogP contribution in [0, 0.1) is 0 Å². The molecular formula is C14H16ClN3O2S. The molecule has 0 saturated carbocycles. The van der Waals surface area contributed by atoms with E-state index in [0.717, 1.165) is 10.6 Å². The van der Waals surface area contributed by atoms with Crippen LogP contribution < -0.4 is 4.90 Å². The second-order valence-electron chi connectivity index (χ2n) is 5.41. The number of nitrogens with zero attached hydrogens (tertiary/aromatic N) is 3. The van der Waals surface area contributed by atoms with Crippen molar-refractivity contribution >= 4 is 34.0 Å². The number of anilines is 1. The summed E-state index contributed by atoms with van der Waals surface area (Å²) in [6, 6.07) is 3.54. The summed E-state index contributed by atoms with van der Waals surface area (Å²) in [6.45, 7) is 5.49. The van der Waals surface area contributed by atoms with Crippen LogP contribution in [-0.4, -0.2) is 28.7 Å². The van der Waals surface area contributed by atoms with Crippen LogP contribution in [0.15, 0.2) is 24.5 Å². The number of halogens is 1. The summed E-state index contributed by atoms with van der Waals surface area (Å²) < 4.78 is 5.32. The number of hydrogen-bond acceptors (Lipinski definition) is 5. The minimum absolute atomic E-state index is 0.410. The summed E-state index contributed by atoms with van der Waals surface area (Å²) in [5.74, 6) is 0. The van der Waals surface area contributed by atoms with Crippen LogP contribution in [0.25, 0.3) is 10.6 Å². The molecule has 0 bridgehead atoms. The van der Waals surface area contributed by atoms with Gasteiger partial charge in [0.2, 0.25) is 0 Å². The van der Waals surface area contributed by atoms with Crippen LogP contribution in [0.1, 0.15) is 20.8 Å². The number of ether oxygens (including phenoxy) is 1. The number of carbonyl (C=O) groups excluding carboxylic acids is 1. The lowest BCUT2D eigenvalue weighted by Crippen LogP contribution is -2.33. The van der Waals surface area contributed by atoms with Crippen molar-refractivity contribution in [2.24, 2.45) is 0 Å². The maximum absolute atomic E-state index is 12.0. The van der Waals surface area contributed by atoms with E-state index in [1.165, 1.54) is 16.2 Å². The summed E-state index contributed by atoms with van der Waals surface area (Å²) in [5.41, 5.74) is 0.326. The molecule has 112 valence electrons. The van der Waals surface area contributed by atoms with E-state index < -0.39 is 11.7 Å². The second-order valence-corrected chi connectivity index (χ2v) is 6.81. The number of amides is 1. The molecule has 0 radical (unpaired) electrons. The first-order valence-corrected chi connectivity index (χ1v) is 7.50. The summed E-state index contributed by atoms with van der Waals surface area (Å²) in [5, 5.41) is 1.90. The SMILES string of the molecule is CN(C(=O)OC(C)(C)C)c1cnc(-c2ccc(Cl)nc2)s1. The molecule has 0 aliphatic rings. The minimum atomic E-state index is -0.529. The largest absolute Gasteiger partial charge is 0.443 e. The Balaban J connectivity index is 2.16. The quantitative estimate of drug-likeness (QED) is 0.775. The van der Waals surface area contributed by atoms with Crippen LogP contribution in [0.3, 0.4) is 0 Å². The number of hydrogen-bond donors (Lipinski definition) is 0. The van der Waals surface area contributed by atoms with Crippen LogP contribution >= 0.6 is 22.9 Å². The first kappa shape index (κ1) is 15.7. The van der Waals surface area contributed by atoms with Gasteiger partial charge in [-0.1, -0.05) is 22.9 Å². The highest BCUT2D eigenvalue weighted by atomic mass is 35.5. The van der Waals surface area contributed by atoms with Crippen molar-refractivity contribution in [3.8, 4) is 10.6 Å². The van der Waals surface area contributed by atoms with Gasteiger partial charge in [0.05, 0.1) is 6.20 Å². The number of aromatic nitrogens is 2. The number of pyridine rings is 1. The maximum atomic E-state index is 12.0. The molecule has 0 N–H and O–H groups in total. The van der Waals surface area contributed by atoms with Gasteiger partial charge in [0.25, 0.3) is 0 Å². The number of rotatable bonds is 2. The molecule has 0 aromatic carbocycles. The number of carbonyl (C=O) groups is 1. The molecule has 0 aliphatic carbocycles. The van der Waals surface area contributed by atoms with Gasteiger partial charge >= 0.3 is 6.09 Å². The van der Waals surface area contributed by atoms with Gasteiger partial charge in [0, 0.05) is 18.8 Å². The molecule has 0 spiro atoms. The van der Waals surface area contributed by atoms with Crippen molar-refractivity contribution in [3.63, 3.8) is 0 Å². The van der Waals surface area contributed by atoms with Gasteiger partial charge in [-0.15, -0.1) is 0 Å². The molecule has 2 heterocycles. The molecule has 21 heavy (non-hydrogen) atoms. The summed E-state index contributed by atoms with van der Waals surface area (Å²) >= 11 is 7.15. The third-order valence-electron chi connectivity index (χ3n) is 2.47. The second kappa shape index (κ2) is 5.99. The average Bonchev–Trinajstić information content (AvgIpc) is 2.86. The Kier molecular flexibility index (Phi) is 4.49. The Morgan fingerprint density at radius 2 is 2.00 bits per heavy atom. The molecule has 0 unspecified atom stereocenters. The van der Waals surface area contributed by atoms with Gasteiger partial charge in [-0.3, -0.25) is 4.90 Å². The molecule has 0 aliphatic heterocycles.